The zero-order chi connectivity index (χ0) is 20.4. The highest BCUT2D eigenvalue weighted by atomic mass is 16.5. The number of para-hydroxylation sites is 2. The monoisotopic (exact) mass is 397 g/mol. The van der Waals surface area contributed by atoms with E-state index in [0.29, 0.717) is 31.9 Å². The van der Waals surface area contributed by atoms with Gasteiger partial charge in [0.15, 0.2) is 11.4 Å². The third-order valence-corrected chi connectivity index (χ3v) is 4.59. The van der Waals surface area contributed by atoms with Gasteiger partial charge in [-0.25, -0.2) is 0 Å². The minimum atomic E-state index is -0.543. The molecule has 1 aromatic carbocycles. The second-order valence-electron chi connectivity index (χ2n) is 6.58. The summed E-state index contributed by atoms with van der Waals surface area (Å²) in [5.41, 5.74) is 0.940. The average molecular weight is 397 g/mol. The predicted molar refractivity (Wildman–Crippen MR) is 102 cm³/mol. The standard InChI is InChI=1S/C19H19N5O5/c1-12-10-13(22-29-12)17(26)21-19-20-14(11-28-19)18(27)24-8-6-23(7-9-24)15-4-2-3-5-16(15)25/h2-5,10-11,25H,6-9H2,1H3,(H,20,21,26). The first-order valence-corrected chi connectivity index (χ1v) is 9.03. The van der Waals surface area contributed by atoms with E-state index in [1.807, 2.05) is 17.0 Å². The maximum absolute atomic E-state index is 12.7. The van der Waals surface area contributed by atoms with Gasteiger partial charge in [-0.3, -0.25) is 14.9 Å². The lowest BCUT2D eigenvalue weighted by Crippen LogP contribution is -2.48. The molecule has 3 heterocycles. The van der Waals surface area contributed by atoms with Gasteiger partial charge in [0.2, 0.25) is 0 Å². The van der Waals surface area contributed by atoms with Crippen molar-refractivity contribution in [2.75, 3.05) is 36.4 Å². The van der Waals surface area contributed by atoms with Crippen LogP contribution in [0.5, 0.6) is 5.75 Å². The van der Waals surface area contributed by atoms with Crippen LogP contribution in [0.15, 0.2) is 45.5 Å². The summed E-state index contributed by atoms with van der Waals surface area (Å²) in [6.45, 7) is 3.77. The predicted octanol–water partition coefficient (Wildman–Crippen LogP) is 1.89. The SMILES string of the molecule is Cc1cc(C(=O)Nc2nc(C(=O)N3CCN(c4ccccc4O)CC3)co2)no1. The molecule has 10 nitrogen and oxygen atoms in total. The molecule has 1 saturated heterocycles. The number of aromatic nitrogens is 2. The fourth-order valence-electron chi connectivity index (χ4n) is 3.11. The van der Waals surface area contributed by atoms with Crippen molar-refractivity contribution in [3.05, 3.63) is 53.7 Å². The Balaban J connectivity index is 1.36. The van der Waals surface area contributed by atoms with Gasteiger partial charge in [0, 0.05) is 32.2 Å². The van der Waals surface area contributed by atoms with Crippen LogP contribution in [-0.2, 0) is 0 Å². The number of rotatable bonds is 4. The van der Waals surface area contributed by atoms with Crippen molar-refractivity contribution in [1.29, 1.82) is 0 Å². The number of phenolic OH excluding ortho intramolecular Hbond substituents is 1. The number of hydrogen-bond acceptors (Lipinski definition) is 8. The topological polar surface area (TPSA) is 125 Å². The zero-order valence-electron chi connectivity index (χ0n) is 15.7. The Bertz CT molecular complexity index is 1040. The molecule has 1 fully saturated rings. The van der Waals surface area contributed by atoms with Gasteiger partial charge in [0.1, 0.15) is 17.8 Å². The first-order chi connectivity index (χ1) is 14.0. The number of amides is 2. The third-order valence-electron chi connectivity index (χ3n) is 4.59. The van der Waals surface area contributed by atoms with Crippen molar-refractivity contribution in [3.8, 4) is 5.75 Å². The summed E-state index contributed by atoms with van der Waals surface area (Å²) >= 11 is 0. The minimum Gasteiger partial charge on any atom is -0.506 e. The lowest BCUT2D eigenvalue weighted by molar-refractivity contribution is 0.0740. The first-order valence-electron chi connectivity index (χ1n) is 9.03. The van der Waals surface area contributed by atoms with Gasteiger partial charge in [-0.05, 0) is 19.1 Å². The van der Waals surface area contributed by atoms with Gasteiger partial charge in [-0.2, -0.15) is 4.98 Å². The van der Waals surface area contributed by atoms with Gasteiger partial charge >= 0.3 is 6.01 Å². The van der Waals surface area contributed by atoms with E-state index < -0.39 is 5.91 Å². The Kier molecular flexibility index (Phi) is 4.90. The van der Waals surface area contributed by atoms with Crippen LogP contribution in [0.4, 0.5) is 11.7 Å². The van der Waals surface area contributed by atoms with E-state index in [2.05, 4.69) is 15.5 Å². The lowest BCUT2D eigenvalue weighted by Gasteiger charge is -2.35. The molecule has 150 valence electrons. The molecular weight excluding hydrogens is 378 g/mol. The second kappa shape index (κ2) is 7.66. The molecule has 0 spiro atoms. The van der Waals surface area contributed by atoms with Gasteiger partial charge in [-0.15, -0.1) is 0 Å². The van der Waals surface area contributed by atoms with Crippen LogP contribution in [0.3, 0.4) is 0 Å². The smallest absolute Gasteiger partial charge is 0.302 e. The highest BCUT2D eigenvalue weighted by Gasteiger charge is 2.26. The molecule has 1 aliphatic rings. The van der Waals surface area contributed by atoms with Crippen molar-refractivity contribution >= 4 is 23.5 Å². The molecule has 2 N–H and O–H groups in total. The summed E-state index contributed by atoms with van der Waals surface area (Å²) in [6.07, 6.45) is 1.21. The lowest BCUT2D eigenvalue weighted by atomic mass is 10.2. The number of anilines is 2. The van der Waals surface area contributed by atoms with E-state index in [4.69, 9.17) is 8.94 Å². The Morgan fingerprint density at radius 1 is 1.14 bits per heavy atom. The van der Waals surface area contributed by atoms with Gasteiger partial charge in [0.25, 0.3) is 11.8 Å². The number of nitrogens with one attached hydrogen (secondary N) is 1. The third kappa shape index (κ3) is 3.91. The quantitative estimate of drug-likeness (QED) is 0.684. The maximum Gasteiger partial charge on any atom is 0.302 e. The fourth-order valence-corrected chi connectivity index (χ4v) is 3.11. The van der Waals surface area contributed by atoms with Gasteiger partial charge in [-0.1, -0.05) is 17.3 Å². The van der Waals surface area contributed by atoms with Crippen LogP contribution >= 0.6 is 0 Å². The number of phenols is 1. The number of piperazine rings is 1. The van der Waals surface area contributed by atoms with Crippen LogP contribution < -0.4 is 10.2 Å². The number of benzene rings is 1. The van der Waals surface area contributed by atoms with Crippen molar-refractivity contribution in [2.45, 2.75) is 6.92 Å². The largest absolute Gasteiger partial charge is 0.506 e. The molecule has 0 saturated carbocycles. The molecule has 2 aromatic heterocycles. The summed E-state index contributed by atoms with van der Waals surface area (Å²) in [6, 6.07) is 8.50. The van der Waals surface area contributed by atoms with Gasteiger partial charge < -0.3 is 23.8 Å². The Hall–Kier alpha value is -3.82. The summed E-state index contributed by atoms with van der Waals surface area (Å²) in [7, 11) is 0. The van der Waals surface area contributed by atoms with Crippen molar-refractivity contribution < 1.29 is 23.6 Å². The van der Waals surface area contributed by atoms with E-state index in [-0.39, 0.29) is 29.1 Å². The number of carbonyl (C=O) groups is 2. The first kappa shape index (κ1) is 18.5. The van der Waals surface area contributed by atoms with Crippen molar-refractivity contribution in [1.82, 2.24) is 15.0 Å². The van der Waals surface area contributed by atoms with Crippen LogP contribution in [0.2, 0.25) is 0 Å². The molecule has 4 rings (SSSR count). The summed E-state index contributed by atoms with van der Waals surface area (Å²) in [5.74, 6) is -0.115. The molecular formula is C19H19N5O5. The Labute approximate surface area is 165 Å². The Morgan fingerprint density at radius 2 is 1.90 bits per heavy atom. The Morgan fingerprint density at radius 3 is 2.59 bits per heavy atom. The summed E-state index contributed by atoms with van der Waals surface area (Å²) in [4.78, 5) is 32.5. The second-order valence-corrected chi connectivity index (χ2v) is 6.58. The molecule has 0 radical (unpaired) electrons. The molecule has 2 amide bonds. The number of aromatic hydroxyl groups is 1. The van der Waals surface area contributed by atoms with E-state index in [1.165, 1.54) is 12.3 Å². The normalized spacial score (nSPS) is 14.1. The molecule has 0 bridgehead atoms. The average Bonchev–Trinajstić information content (AvgIpc) is 3.37. The van der Waals surface area contributed by atoms with Gasteiger partial charge in [0.05, 0.1) is 5.69 Å². The van der Waals surface area contributed by atoms with Crippen molar-refractivity contribution in [2.24, 2.45) is 0 Å². The molecule has 0 aliphatic carbocycles. The highest BCUT2D eigenvalue weighted by Crippen LogP contribution is 2.27. The maximum atomic E-state index is 12.7. The number of oxazole rings is 1. The number of aryl methyl sites for hydroxylation is 1. The molecule has 3 aromatic rings. The van der Waals surface area contributed by atoms with Crippen LogP contribution in [0.25, 0.3) is 0 Å². The van der Waals surface area contributed by atoms with E-state index in [1.54, 1.807) is 24.0 Å². The van der Waals surface area contributed by atoms with E-state index in [9.17, 15) is 14.7 Å². The number of carbonyl (C=O) groups excluding carboxylic acids is 2. The number of nitrogens with zero attached hydrogens (tertiary/aromatic N) is 4. The van der Waals surface area contributed by atoms with E-state index >= 15 is 0 Å². The summed E-state index contributed by atoms with van der Waals surface area (Å²) < 4.78 is 10.0. The van der Waals surface area contributed by atoms with Crippen molar-refractivity contribution in [3.63, 3.8) is 0 Å². The minimum absolute atomic E-state index is 0.0909. The van der Waals surface area contributed by atoms with Crippen LogP contribution in [-0.4, -0.2) is 58.1 Å². The fraction of sp³-hybridized carbons (Fsp3) is 0.263. The molecule has 29 heavy (non-hydrogen) atoms. The zero-order valence-corrected chi connectivity index (χ0v) is 15.7. The molecule has 0 atom stereocenters. The molecule has 10 heteroatoms. The molecule has 1 aliphatic heterocycles. The highest BCUT2D eigenvalue weighted by molar-refractivity contribution is 6.02. The van der Waals surface area contributed by atoms with Crippen LogP contribution in [0, 0.1) is 6.92 Å². The van der Waals surface area contributed by atoms with E-state index in [0.717, 1.165) is 5.69 Å². The van der Waals surface area contributed by atoms with Crippen LogP contribution in [0.1, 0.15) is 26.7 Å². The molecule has 0 unspecified atom stereocenters. The summed E-state index contributed by atoms with van der Waals surface area (Å²) in [5, 5.41) is 16.0. The number of hydrogen-bond donors (Lipinski definition) is 2.